The van der Waals surface area contributed by atoms with Crippen LogP contribution in [0.2, 0.25) is 0 Å². The number of hydrogen-bond donors (Lipinski definition) is 1. The van der Waals surface area contributed by atoms with Gasteiger partial charge in [0, 0.05) is 34.9 Å². The van der Waals surface area contributed by atoms with E-state index in [4.69, 9.17) is 5.26 Å². The summed E-state index contributed by atoms with van der Waals surface area (Å²) in [4.78, 5) is 10.3. The molecule has 6 nitrogen and oxygen atoms in total. The molecule has 0 amide bonds. The number of anilines is 1. The topological polar surface area (TPSA) is 96.0 Å². The summed E-state index contributed by atoms with van der Waals surface area (Å²) in [5, 5.41) is 22.5. The number of benzene rings is 1. The SMILES string of the molecule is CC(CS(C)=O)Nc1cc(C#N)ccc1[N+](=O)[O-]. The van der Waals surface area contributed by atoms with Crippen molar-refractivity contribution in [3.63, 3.8) is 0 Å². The third-order valence-electron chi connectivity index (χ3n) is 2.21. The average Bonchev–Trinajstić information content (AvgIpc) is 2.27. The zero-order valence-electron chi connectivity index (χ0n) is 10.0. The van der Waals surface area contributed by atoms with Gasteiger partial charge < -0.3 is 5.32 Å². The quantitative estimate of drug-likeness (QED) is 0.646. The molecular formula is C11H13N3O3S. The Morgan fingerprint density at radius 2 is 2.28 bits per heavy atom. The molecular weight excluding hydrogens is 254 g/mol. The van der Waals surface area contributed by atoms with E-state index in [9.17, 15) is 14.3 Å². The molecule has 7 heteroatoms. The number of nitro benzene ring substituents is 1. The van der Waals surface area contributed by atoms with E-state index in [1.165, 1.54) is 18.2 Å². The molecule has 0 fully saturated rings. The van der Waals surface area contributed by atoms with E-state index < -0.39 is 15.7 Å². The summed E-state index contributed by atoms with van der Waals surface area (Å²) in [6.07, 6.45) is 1.57. The predicted molar refractivity (Wildman–Crippen MR) is 69.8 cm³/mol. The van der Waals surface area contributed by atoms with Gasteiger partial charge in [-0.15, -0.1) is 0 Å². The molecule has 2 atom stereocenters. The van der Waals surface area contributed by atoms with Crippen molar-refractivity contribution in [2.45, 2.75) is 13.0 Å². The number of rotatable bonds is 5. The lowest BCUT2D eigenvalue weighted by atomic mass is 10.1. The van der Waals surface area contributed by atoms with Crippen LogP contribution in [-0.2, 0) is 10.8 Å². The minimum Gasteiger partial charge on any atom is -0.376 e. The van der Waals surface area contributed by atoms with E-state index in [1.54, 1.807) is 13.2 Å². The Labute approximate surface area is 107 Å². The van der Waals surface area contributed by atoms with Crippen molar-refractivity contribution in [2.24, 2.45) is 0 Å². The minimum absolute atomic E-state index is 0.0947. The third-order valence-corrected chi connectivity index (χ3v) is 3.18. The van der Waals surface area contributed by atoms with Gasteiger partial charge in [0.2, 0.25) is 0 Å². The molecule has 0 spiro atoms. The van der Waals surface area contributed by atoms with E-state index >= 15 is 0 Å². The second-order valence-corrected chi connectivity index (χ2v) is 5.37. The van der Waals surface area contributed by atoms with E-state index in [2.05, 4.69) is 5.32 Å². The standard InChI is InChI=1S/C11H13N3O3S/c1-8(7-18(2)17)13-10-5-9(6-12)3-4-11(10)14(15)16/h3-5,8,13H,7H2,1-2H3. The lowest BCUT2D eigenvalue weighted by molar-refractivity contribution is -0.384. The van der Waals surface area contributed by atoms with Crippen LogP contribution in [0.1, 0.15) is 12.5 Å². The van der Waals surface area contributed by atoms with Crippen molar-refractivity contribution < 1.29 is 9.13 Å². The van der Waals surface area contributed by atoms with Crippen LogP contribution in [0.5, 0.6) is 0 Å². The second kappa shape index (κ2) is 6.12. The van der Waals surface area contributed by atoms with Crippen LogP contribution in [0.3, 0.4) is 0 Å². The zero-order valence-corrected chi connectivity index (χ0v) is 10.9. The van der Waals surface area contributed by atoms with Crippen molar-refractivity contribution in [2.75, 3.05) is 17.3 Å². The smallest absolute Gasteiger partial charge is 0.292 e. The highest BCUT2D eigenvalue weighted by Crippen LogP contribution is 2.25. The molecule has 2 unspecified atom stereocenters. The fourth-order valence-electron chi connectivity index (χ4n) is 1.54. The fraction of sp³-hybridized carbons (Fsp3) is 0.364. The van der Waals surface area contributed by atoms with Gasteiger partial charge in [-0.1, -0.05) is 0 Å². The first kappa shape index (κ1) is 14.1. The number of hydrogen-bond acceptors (Lipinski definition) is 5. The molecule has 0 aliphatic rings. The highest BCUT2D eigenvalue weighted by atomic mass is 32.2. The number of nitriles is 1. The van der Waals surface area contributed by atoms with Crippen LogP contribution in [0.4, 0.5) is 11.4 Å². The van der Waals surface area contributed by atoms with Crippen molar-refractivity contribution in [3.8, 4) is 6.07 Å². The maximum Gasteiger partial charge on any atom is 0.292 e. The van der Waals surface area contributed by atoms with Crippen molar-refractivity contribution in [3.05, 3.63) is 33.9 Å². The Bertz CT molecular complexity index is 525. The van der Waals surface area contributed by atoms with Gasteiger partial charge in [-0.25, -0.2) is 0 Å². The highest BCUT2D eigenvalue weighted by molar-refractivity contribution is 7.84. The molecule has 0 radical (unpaired) electrons. The number of nitro groups is 1. The Kier molecular flexibility index (Phi) is 4.80. The molecule has 0 aliphatic carbocycles. The molecule has 1 aromatic rings. The maximum absolute atomic E-state index is 11.1. The molecule has 1 rings (SSSR count). The van der Waals surface area contributed by atoms with E-state index in [-0.39, 0.29) is 17.4 Å². The summed E-state index contributed by atoms with van der Waals surface area (Å²) in [5.74, 6) is 0.383. The van der Waals surface area contributed by atoms with Crippen molar-refractivity contribution in [1.82, 2.24) is 0 Å². The third kappa shape index (κ3) is 3.82. The minimum atomic E-state index is -0.991. The first-order valence-corrected chi connectivity index (χ1v) is 6.92. The summed E-state index contributed by atoms with van der Waals surface area (Å²) >= 11 is 0. The first-order chi connectivity index (χ1) is 8.43. The van der Waals surface area contributed by atoms with E-state index in [0.717, 1.165) is 0 Å². The van der Waals surface area contributed by atoms with Crippen molar-refractivity contribution in [1.29, 1.82) is 5.26 Å². The van der Waals surface area contributed by atoms with Gasteiger partial charge in [-0.3, -0.25) is 14.3 Å². The van der Waals surface area contributed by atoms with Gasteiger partial charge in [0.25, 0.3) is 5.69 Å². The Morgan fingerprint density at radius 1 is 1.61 bits per heavy atom. The van der Waals surface area contributed by atoms with E-state index in [1.807, 2.05) is 6.07 Å². The van der Waals surface area contributed by atoms with Crippen LogP contribution in [0, 0.1) is 21.4 Å². The van der Waals surface area contributed by atoms with E-state index in [0.29, 0.717) is 11.3 Å². The Morgan fingerprint density at radius 3 is 2.78 bits per heavy atom. The lowest BCUT2D eigenvalue weighted by Gasteiger charge is -2.14. The number of nitrogens with one attached hydrogen (secondary N) is 1. The molecule has 18 heavy (non-hydrogen) atoms. The van der Waals surface area contributed by atoms with Crippen LogP contribution in [0.15, 0.2) is 18.2 Å². The second-order valence-electron chi connectivity index (χ2n) is 3.89. The highest BCUT2D eigenvalue weighted by Gasteiger charge is 2.16. The molecule has 0 heterocycles. The van der Waals surface area contributed by atoms with Gasteiger partial charge in [0.1, 0.15) is 5.69 Å². The molecule has 0 aromatic heterocycles. The zero-order chi connectivity index (χ0) is 13.7. The Hall–Kier alpha value is -1.94. The Balaban J connectivity index is 3.01. The summed E-state index contributed by atoms with van der Waals surface area (Å²) in [6.45, 7) is 1.78. The molecule has 0 aliphatic heterocycles. The lowest BCUT2D eigenvalue weighted by Crippen LogP contribution is -2.22. The predicted octanol–water partition coefficient (Wildman–Crippen LogP) is 1.65. The summed E-state index contributed by atoms with van der Waals surface area (Å²) in [5.41, 5.74) is 0.521. The summed E-state index contributed by atoms with van der Waals surface area (Å²) in [7, 11) is -0.991. The van der Waals surface area contributed by atoms with Gasteiger partial charge in [-0.05, 0) is 19.1 Å². The molecule has 96 valence electrons. The summed E-state index contributed by atoms with van der Waals surface area (Å²) in [6, 6.07) is 5.85. The molecule has 0 saturated heterocycles. The first-order valence-electron chi connectivity index (χ1n) is 5.19. The van der Waals surface area contributed by atoms with Gasteiger partial charge in [0.05, 0.1) is 16.6 Å². The van der Waals surface area contributed by atoms with Crippen LogP contribution < -0.4 is 5.32 Å². The van der Waals surface area contributed by atoms with Gasteiger partial charge in [-0.2, -0.15) is 5.26 Å². The van der Waals surface area contributed by atoms with Crippen LogP contribution in [0.25, 0.3) is 0 Å². The monoisotopic (exact) mass is 267 g/mol. The largest absolute Gasteiger partial charge is 0.376 e. The van der Waals surface area contributed by atoms with Crippen LogP contribution >= 0.6 is 0 Å². The number of nitrogens with zero attached hydrogens (tertiary/aromatic N) is 2. The van der Waals surface area contributed by atoms with Gasteiger partial charge >= 0.3 is 0 Å². The molecule has 0 bridgehead atoms. The van der Waals surface area contributed by atoms with Crippen molar-refractivity contribution >= 4 is 22.2 Å². The maximum atomic E-state index is 11.1. The normalized spacial score (nSPS) is 13.4. The fourth-order valence-corrected chi connectivity index (χ4v) is 2.33. The van der Waals surface area contributed by atoms with Gasteiger partial charge in [0.15, 0.2) is 0 Å². The van der Waals surface area contributed by atoms with Crippen LogP contribution in [-0.4, -0.2) is 27.2 Å². The average molecular weight is 267 g/mol. The molecule has 1 N–H and O–H groups in total. The molecule has 0 saturated carbocycles. The summed E-state index contributed by atoms with van der Waals surface area (Å²) < 4.78 is 11.1. The molecule has 1 aromatic carbocycles.